The van der Waals surface area contributed by atoms with Crippen molar-refractivity contribution in [2.24, 2.45) is 0 Å². The van der Waals surface area contributed by atoms with Crippen LogP contribution in [0.2, 0.25) is 0 Å². The molecule has 1 aromatic heterocycles. The zero-order valence-electron chi connectivity index (χ0n) is 13.3. The summed E-state index contributed by atoms with van der Waals surface area (Å²) in [6.45, 7) is 8.14. The molecule has 8 heteroatoms. The molecule has 1 aliphatic heterocycles. The van der Waals surface area contributed by atoms with Crippen molar-refractivity contribution in [2.75, 3.05) is 13.7 Å². The molecule has 2 rings (SSSR count). The third-order valence-electron chi connectivity index (χ3n) is 3.26. The zero-order chi connectivity index (χ0) is 16.7. The molecular weight excluding hydrogens is 354 g/mol. The first-order valence-corrected chi connectivity index (χ1v) is 7.76. The number of hydrogen-bond donors (Lipinski definition) is 0. The summed E-state index contributed by atoms with van der Waals surface area (Å²) in [6, 6.07) is -0.0310. The topological polar surface area (TPSA) is 73.7 Å². The summed E-state index contributed by atoms with van der Waals surface area (Å²) in [6.07, 6.45) is -0.404. The first-order chi connectivity index (χ1) is 10.1. The highest BCUT2D eigenvalue weighted by molar-refractivity contribution is 9.10. The van der Waals surface area contributed by atoms with Crippen LogP contribution in [0.3, 0.4) is 0 Å². The molecule has 0 bridgehead atoms. The molecule has 0 spiro atoms. The van der Waals surface area contributed by atoms with E-state index in [-0.39, 0.29) is 18.3 Å². The number of nitrogens with zero attached hydrogens (tertiary/aromatic N) is 3. The van der Waals surface area contributed by atoms with Crippen molar-refractivity contribution < 1.29 is 19.1 Å². The molecule has 0 radical (unpaired) electrons. The van der Waals surface area contributed by atoms with Crippen molar-refractivity contribution >= 4 is 28.0 Å². The first-order valence-electron chi connectivity index (χ1n) is 6.97. The summed E-state index contributed by atoms with van der Waals surface area (Å²) in [5, 5.41) is 0. The summed E-state index contributed by atoms with van der Waals surface area (Å²) in [4.78, 5) is 29.9. The number of carbonyl (C=O) groups excluding carboxylic acids is 2. The summed E-state index contributed by atoms with van der Waals surface area (Å²) >= 11 is 3.36. The van der Waals surface area contributed by atoms with Crippen LogP contribution in [0, 0.1) is 0 Å². The number of ether oxygens (including phenoxy) is 2. The normalized spacial score (nSPS) is 17.9. The maximum absolute atomic E-state index is 12.3. The van der Waals surface area contributed by atoms with E-state index in [4.69, 9.17) is 9.47 Å². The van der Waals surface area contributed by atoms with Crippen LogP contribution in [0.1, 0.15) is 49.9 Å². The minimum Gasteiger partial charge on any atom is -0.464 e. The SMILES string of the molecule is COC(=O)c1nc(Br)n2c1CN(C(=O)OC(C)(C)C)C[C@H]2C. The monoisotopic (exact) mass is 373 g/mol. The predicted molar refractivity (Wildman–Crippen MR) is 82.6 cm³/mol. The van der Waals surface area contributed by atoms with Crippen molar-refractivity contribution in [1.29, 1.82) is 0 Å². The smallest absolute Gasteiger partial charge is 0.410 e. The third kappa shape index (κ3) is 3.26. The Labute approximate surface area is 137 Å². The number of imidazole rings is 1. The van der Waals surface area contributed by atoms with Gasteiger partial charge in [0.2, 0.25) is 0 Å². The van der Waals surface area contributed by atoms with Crippen LogP contribution in [0.25, 0.3) is 0 Å². The molecule has 0 saturated carbocycles. The van der Waals surface area contributed by atoms with Crippen molar-refractivity contribution in [3.05, 3.63) is 16.1 Å². The lowest BCUT2D eigenvalue weighted by Gasteiger charge is -2.34. The highest BCUT2D eigenvalue weighted by Gasteiger charge is 2.34. The number of rotatable bonds is 1. The van der Waals surface area contributed by atoms with Gasteiger partial charge in [0.25, 0.3) is 0 Å². The highest BCUT2D eigenvalue weighted by Crippen LogP contribution is 2.29. The van der Waals surface area contributed by atoms with Gasteiger partial charge in [0.1, 0.15) is 5.60 Å². The Morgan fingerprint density at radius 2 is 2.00 bits per heavy atom. The van der Waals surface area contributed by atoms with Gasteiger partial charge in [-0.25, -0.2) is 14.6 Å². The van der Waals surface area contributed by atoms with Crippen molar-refractivity contribution in [2.45, 2.75) is 45.9 Å². The fourth-order valence-corrected chi connectivity index (χ4v) is 3.15. The minimum atomic E-state index is -0.566. The van der Waals surface area contributed by atoms with Gasteiger partial charge in [-0.3, -0.25) is 0 Å². The summed E-state index contributed by atoms with van der Waals surface area (Å²) < 4.78 is 12.6. The van der Waals surface area contributed by atoms with Crippen LogP contribution in [0.4, 0.5) is 4.79 Å². The number of esters is 1. The molecule has 0 unspecified atom stereocenters. The van der Waals surface area contributed by atoms with Gasteiger partial charge in [-0.05, 0) is 43.6 Å². The molecule has 1 aromatic rings. The minimum absolute atomic E-state index is 0.0310. The van der Waals surface area contributed by atoms with Crippen LogP contribution >= 0.6 is 15.9 Å². The second-order valence-electron chi connectivity index (χ2n) is 6.25. The second-order valence-corrected chi connectivity index (χ2v) is 6.96. The van der Waals surface area contributed by atoms with E-state index in [1.165, 1.54) is 7.11 Å². The molecule has 122 valence electrons. The van der Waals surface area contributed by atoms with E-state index in [0.717, 1.165) is 0 Å². The molecule has 0 saturated heterocycles. The number of methoxy groups -OCH3 is 1. The van der Waals surface area contributed by atoms with Crippen molar-refractivity contribution in [1.82, 2.24) is 14.5 Å². The van der Waals surface area contributed by atoms with Crippen LogP contribution < -0.4 is 0 Å². The van der Waals surface area contributed by atoms with Crippen LogP contribution in [-0.4, -0.2) is 45.8 Å². The van der Waals surface area contributed by atoms with E-state index in [1.807, 2.05) is 32.3 Å². The van der Waals surface area contributed by atoms with Gasteiger partial charge in [-0.2, -0.15) is 0 Å². The van der Waals surface area contributed by atoms with E-state index in [1.54, 1.807) is 4.90 Å². The van der Waals surface area contributed by atoms with Gasteiger partial charge in [0, 0.05) is 6.54 Å². The summed E-state index contributed by atoms with van der Waals surface area (Å²) in [5.74, 6) is -0.521. The number of amides is 1. The average Bonchev–Trinajstić information content (AvgIpc) is 2.73. The molecule has 1 aliphatic rings. The molecule has 1 amide bonds. The van der Waals surface area contributed by atoms with E-state index < -0.39 is 17.7 Å². The molecule has 0 N–H and O–H groups in total. The number of carbonyl (C=O) groups is 2. The Kier molecular flexibility index (Phi) is 4.51. The standard InChI is InChI=1S/C14H20BrN3O4/c1-8-6-17(13(20)22-14(2,3)4)7-9-10(11(19)21-5)16-12(15)18(8)9/h8H,6-7H2,1-5H3/t8-/m1/s1. The van der Waals surface area contributed by atoms with E-state index in [9.17, 15) is 9.59 Å². The Morgan fingerprint density at radius 1 is 1.36 bits per heavy atom. The number of fused-ring (bicyclic) bond motifs is 1. The molecule has 0 aliphatic carbocycles. The van der Waals surface area contributed by atoms with Gasteiger partial charge in [0.05, 0.1) is 25.4 Å². The maximum Gasteiger partial charge on any atom is 0.410 e. The first kappa shape index (κ1) is 16.8. The molecule has 22 heavy (non-hydrogen) atoms. The van der Waals surface area contributed by atoms with E-state index in [0.29, 0.717) is 17.0 Å². The maximum atomic E-state index is 12.3. The van der Waals surface area contributed by atoms with Crippen molar-refractivity contribution in [3.63, 3.8) is 0 Å². The molecule has 1 atom stereocenters. The third-order valence-corrected chi connectivity index (χ3v) is 3.82. The average molecular weight is 374 g/mol. The lowest BCUT2D eigenvalue weighted by Crippen LogP contribution is -2.43. The molecule has 7 nitrogen and oxygen atoms in total. The Hall–Kier alpha value is -1.57. The van der Waals surface area contributed by atoms with E-state index in [2.05, 4.69) is 20.9 Å². The second kappa shape index (κ2) is 5.91. The van der Waals surface area contributed by atoms with Crippen LogP contribution in [-0.2, 0) is 16.0 Å². The fraction of sp³-hybridized carbons (Fsp3) is 0.643. The molecule has 0 fully saturated rings. The summed E-state index contributed by atoms with van der Waals surface area (Å²) in [7, 11) is 1.31. The Morgan fingerprint density at radius 3 is 2.55 bits per heavy atom. The van der Waals surface area contributed by atoms with Gasteiger partial charge in [0.15, 0.2) is 10.4 Å². The number of hydrogen-bond acceptors (Lipinski definition) is 5. The van der Waals surface area contributed by atoms with Crippen LogP contribution in [0.15, 0.2) is 4.73 Å². The quantitative estimate of drug-likeness (QED) is 0.707. The molecule has 0 aromatic carbocycles. The number of aromatic nitrogens is 2. The lowest BCUT2D eigenvalue weighted by atomic mass is 10.2. The fourth-order valence-electron chi connectivity index (χ4n) is 2.41. The van der Waals surface area contributed by atoms with Gasteiger partial charge >= 0.3 is 12.1 Å². The molecular formula is C14H20BrN3O4. The van der Waals surface area contributed by atoms with Gasteiger partial charge in [-0.15, -0.1) is 0 Å². The summed E-state index contributed by atoms with van der Waals surface area (Å²) in [5.41, 5.74) is 0.293. The number of halogens is 1. The van der Waals surface area contributed by atoms with Crippen LogP contribution in [0.5, 0.6) is 0 Å². The predicted octanol–water partition coefficient (Wildman–Crippen LogP) is 2.74. The molecule has 2 heterocycles. The van der Waals surface area contributed by atoms with E-state index >= 15 is 0 Å². The Bertz CT molecular complexity index is 606. The zero-order valence-corrected chi connectivity index (χ0v) is 14.9. The van der Waals surface area contributed by atoms with Crippen molar-refractivity contribution in [3.8, 4) is 0 Å². The van der Waals surface area contributed by atoms with Gasteiger partial charge < -0.3 is 18.9 Å². The lowest BCUT2D eigenvalue weighted by molar-refractivity contribution is 0.0169. The highest BCUT2D eigenvalue weighted by atomic mass is 79.9. The largest absolute Gasteiger partial charge is 0.464 e. The van der Waals surface area contributed by atoms with Gasteiger partial charge in [-0.1, -0.05) is 0 Å². The Balaban J connectivity index is 2.32.